The van der Waals surface area contributed by atoms with E-state index in [9.17, 15) is 4.57 Å². The summed E-state index contributed by atoms with van der Waals surface area (Å²) in [6.07, 6.45) is 4.04. The lowest BCUT2D eigenvalue weighted by Gasteiger charge is -2.24. The van der Waals surface area contributed by atoms with Crippen LogP contribution in [0, 0.1) is 12.3 Å². The van der Waals surface area contributed by atoms with Gasteiger partial charge < -0.3 is 9.47 Å². The summed E-state index contributed by atoms with van der Waals surface area (Å²) in [5.74, 6) is 1.66. The summed E-state index contributed by atoms with van der Waals surface area (Å²) in [7, 11) is -3.66. The molecule has 0 aromatic heterocycles. The zero-order valence-corrected chi connectivity index (χ0v) is 12.6. The van der Waals surface area contributed by atoms with Crippen LogP contribution in [0.1, 0.15) is 27.7 Å². The van der Waals surface area contributed by atoms with Crippen LogP contribution in [0.4, 0.5) is 0 Å². The van der Waals surface area contributed by atoms with Crippen LogP contribution in [0.2, 0.25) is 0 Å². The first kappa shape index (κ1) is 16.6. The third kappa shape index (κ3) is 4.88. The molecule has 2 atom stereocenters. The highest BCUT2D eigenvalue weighted by Gasteiger charge is 2.41. The fourth-order valence-electron chi connectivity index (χ4n) is 1.62. The van der Waals surface area contributed by atoms with Gasteiger partial charge in [0.1, 0.15) is 6.10 Å². The predicted molar refractivity (Wildman–Crippen MR) is 69.5 cm³/mol. The van der Waals surface area contributed by atoms with E-state index in [-0.39, 0.29) is 19.8 Å². The molecule has 0 aliphatic carbocycles. The second-order valence-electron chi connectivity index (χ2n) is 4.34. The van der Waals surface area contributed by atoms with E-state index in [1.807, 2.05) is 0 Å². The monoisotopic (exact) mass is 292 g/mol. The van der Waals surface area contributed by atoms with E-state index in [2.05, 4.69) is 5.92 Å². The summed E-state index contributed by atoms with van der Waals surface area (Å²) in [6.45, 7) is 7.58. The molecule has 1 aliphatic rings. The zero-order valence-electron chi connectivity index (χ0n) is 11.8. The minimum Gasteiger partial charge on any atom is -0.348 e. The van der Waals surface area contributed by atoms with Crippen molar-refractivity contribution in [2.24, 2.45) is 0 Å². The van der Waals surface area contributed by atoms with Gasteiger partial charge in [-0.15, -0.1) is 6.42 Å². The van der Waals surface area contributed by atoms with Crippen molar-refractivity contribution in [1.82, 2.24) is 0 Å². The van der Waals surface area contributed by atoms with Gasteiger partial charge in [0, 0.05) is 0 Å². The summed E-state index contributed by atoms with van der Waals surface area (Å²) >= 11 is 0. The van der Waals surface area contributed by atoms with E-state index in [4.69, 9.17) is 29.5 Å². The maximum Gasteiger partial charge on any atom is 0.476 e. The standard InChI is InChI=1S/C12H21O6P/c1-6-10(11-9-14-12(4,5)17-11)18-19(13,15-7-2)16-8-3/h1,10-11H,7-9H2,2-5H3/t10-,11+/m0/s1. The van der Waals surface area contributed by atoms with Gasteiger partial charge in [-0.2, -0.15) is 0 Å². The summed E-state index contributed by atoms with van der Waals surface area (Å²) in [4.78, 5) is 0. The molecule has 7 heteroatoms. The Morgan fingerprint density at radius 2 is 2.00 bits per heavy atom. The number of phosphoric acid groups is 1. The van der Waals surface area contributed by atoms with Crippen LogP contribution in [0.15, 0.2) is 0 Å². The van der Waals surface area contributed by atoms with Gasteiger partial charge in [-0.3, -0.25) is 13.6 Å². The maximum absolute atomic E-state index is 12.2. The minimum atomic E-state index is -3.66. The summed E-state index contributed by atoms with van der Waals surface area (Å²) in [5.41, 5.74) is 0. The molecule has 0 saturated carbocycles. The smallest absolute Gasteiger partial charge is 0.348 e. The molecule has 0 bridgehead atoms. The average molecular weight is 292 g/mol. The molecule has 0 aromatic carbocycles. The fourth-order valence-corrected chi connectivity index (χ4v) is 2.93. The molecule has 110 valence electrons. The van der Waals surface area contributed by atoms with Crippen molar-refractivity contribution >= 4 is 7.82 Å². The number of terminal acetylenes is 1. The Labute approximate surface area is 114 Å². The highest BCUT2D eigenvalue weighted by Crippen LogP contribution is 2.51. The largest absolute Gasteiger partial charge is 0.476 e. The first-order valence-corrected chi connectivity index (χ1v) is 7.67. The first-order chi connectivity index (χ1) is 8.86. The molecular formula is C12H21O6P. The molecule has 0 amide bonds. The molecule has 1 heterocycles. The molecule has 1 fully saturated rings. The van der Waals surface area contributed by atoms with Crippen LogP contribution in [-0.2, 0) is 27.6 Å². The van der Waals surface area contributed by atoms with E-state index < -0.39 is 25.8 Å². The normalized spacial score (nSPS) is 24.1. The molecular weight excluding hydrogens is 271 g/mol. The highest BCUT2D eigenvalue weighted by molar-refractivity contribution is 7.48. The molecule has 0 N–H and O–H groups in total. The first-order valence-electron chi connectivity index (χ1n) is 6.21. The summed E-state index contributed by atoms with van der Waals surface area (Å²) in [6, 6.07) is 0. The van der Waals surface area contributed by atoms with Crippen LogP contribution >= 0.6 is 7.82 Å². The maximum atomic E-state index is 12.2. The van der Waals surface area contributed by atoms with Gasteiger partial charge >= 0.3 is 7.82 Å². The Morgan fingerprint density at radius 3 is 2.37 bits per heavy atom. The molecule has 0 aromatic rings. The topological polar surface area (TPSA) is 63.2 Å². The van der Waals surface area contributed by atoms with E-state index in [1.165, 1.54) is 0 Å². The number of hydrogen-bond acceptors (Lipinski definition) is 6. The Balaban J connectivity index is 2.71. The van der Waals surface area contributed by atoms with E-state index in [0.29, 0.717) is 0 Å². The molecule has 1 saturated heterocycles. The van der Waals surface area contributed by atoms with Crippen LogP contribution in [0.5, 0.6) is 0 Å². The molecule has 1 aliphatic heterocycles. The Kier molecular flexibility index (Phi) is 6.00. The van der Waals surface area contributed by atoms with E-state index in [0.717, 1.165) is 0 Å². The summed E-state index contributed by atoms with van der Waals surface area (Å²) in [5, 5.41) is 0. The van der Waals surface area contributed by atoms with Gasteiger partial charge in [0.2, 0.25) is 0 Å². The van der Waals surface area contributed by atoms with E-state index >= 15 is 0 Å². The van der Waals surface area contributed by atoms with Crippen molar-refractivity contribution in [3.05, 3.63) is 0 Å². The summed E-state index contributed by atoms with van der Waals surface area (Å²) < 4.78 is 38.6. The minimum absolute atomic E-state index is 0.197. The van der Waals surface area contributed by atoms with Gasteiger partial charge in [0.25, 0.3) is 0 Å². The average Bonchev–Trinajstić information content (AvgIpc) is 2.67. The number of rotatable bonds is 7. The van der Waals surface area contributed by atoms with E-state index in [1.54, 1.807) is 27.7 Å². The zero-order chi connectivity index (χ0) is 14.5. The predicted octanol–water partition coefficient (Wildman–Crippen LogP) is 2.34. The van der Waals surface area contributed by atoms with Gasteiger partial charge in [-0.05, 0) is 27.7 Å². The third-order valence-corrected chi connectivity index (χ3v) is 3.98. The molecule has 19 heavy (non-hydrogen) atoms. The van der Waals surface area contributed by atoms with Crippen LogP contribution < -0.4 is 0 Å². The second kappa shape index (κ2) is 6.85. The second-order valence-corrected chi connectivity index (χ2v) is 5.96. The molecule has 0 unspecified atom stereocenters. The fraction of sp³-hybridized carbons (Fsp3) is 0.833. The van der Waals surface area contributed by atoms with Gasteiger partial charge in [-0.25, -0.2) is 4.57 Å². The number of ether oxygens (including phenoxy) is 2. The molecule has 1 rings (SSSR count). The van der Waals surface area contributed by atoms with Gasteiger partial charge in [-0.1, -0.05) is 5.92 Å². The van der Waals surface area contributed by atoms with Crippen LogP contribution in [0.3, 0.4) is 0 Å². The lowest BCUT2D eigenvalue weighted by Crippen LogP contribution is -2.31. The van der Waals surface area contributed by atoms with Crippen molar-refractivity contribution < 1.29 is 27.6 Å². The van der Waals surface area contributed by atoms with Crippen LogP contribution in [-0.4, -0.2) is 37.8 Å². The van der Waals surface area contributed by atoms with Gasteiger partial charge in [0.15, 0.2) is 11.9 Å². The van der Waals surface area contributed by atoms with Crippen molar-refractivity contribution in [3.8, 4) is 12.3 Å². The van der Waals surface area contributed by atoms with Crippen molar-refractivity contribution in [1.29, 1.82) is 0 Å². The molecule has 6 nitrogen and oxygen atoms in total. The Bertz CT molecular complexity index is 365. The van der Waals surface area contributed by atoms with Gasteiger partial charge in [0.05, 0.1) is 19.8 Å². The van der Waals surface area contributed by atoms with Crippen LogP contribution in [0.25, 0.3) is 0 Å². The quantitative estimate of drug-likeness (QED) is 0.530. The number of hydrogen-bond donors (Lipinski definition) is 0. The van der Waals surface area contributed by atoms with Crippen molar-refractivity contribution in [3.63, 3.8) is 0 Å². The molecule has 0 radical (unpaired) electrons. The number of phosphoric ester groups is 1. The Morgan fingerprint density at radius 1 is 1.42 bits per heavy atom. The third-order valence-electron chi connectivity index (χ3n) is 2.35. The Hall–Kier alpha value is -0.410. The highest BCUT2D eigenvalue weighted by atomic mass is 31.2. The lowest BCUT2D eigenvalue weighted by molar-refractivity contribution is -0.146. The lowest BCUT2D eigenvalue weighted by atomic mass is 10.2. The SMILES string of the molecule is C#C[C@H](OP(=O)(OCC)OCC)[C@H]1COC(C)(C)O1. The van der Waals surface area contributed by atoms with Crippen molar-refractivity contribution in [2.75, 3.05) is 19.8 Å². The molecule has 0 spiro atoms. The van der Waals surface area contributed by atoms with Crippen molar-refractivity contribution in [2.45, 2.75) is 45.7 Å².